The van der Waals surface area contributed by atoms with E-state index in [-0.39, 0.29) is 5.91 Å². The van der Waals surface area contributed by atoms with Crippen LogP contribution in [0.4, 0.5) is 0 Å². The Morgan fingerprint density at radius 2 is 2.27 bits per heavy atom. The summed E-state index contributed by atoms with van der Waals surface area (Å²) >= 11 is 3.16. The standard InChI is InChI=1S/C18H22N4O2S2/c1-3-6-15-9-13(11-25-15)17-20-21-18(22(17)4-2)26-12-16(23)19-10-14-7-5-8-24-14/h5,7-9,11H,3-4,6,10,12H2,1-2H3,(H,19,23). The summed E-state index contributed by atoms with van der Waals surface area (Å²) in [6, 6.07) is 5.83. The maximum atomic E-state index is 12.0. The Hall–Kier alpha value is -2.06. The molecule has 3 heterocycles. The molecule has 0 aromatic carbocycles. The van der Waals surface area contributed by atoms with E-state index >= 15 is 0 Å². The number of aromatic nitrogens is 3. The van der Waals surface area contributed by atoms with E-state index in [0.29, 0.717) is 12.3 Å². The number of thioether (sulfide) groups is 1. The number of carbonyl (C=O) groups excluding carboxylic acids is 1. The first-order chi connectivity index (χ1) is 12.7. The van der Waals surface area contributed by atoms with Gasteiger partial charge >= 0.3 is 0 Å². The summed E-state index contributed by atoms with van der Waals surface area (Å²) in [5.74, 6) is 1.84. The van der Waals surface area contributed by atoms with Crippen LogP contribution < -0.4 is 5.32 Å². The highest BCUT2D eigenvalue weighted by Gasteiger charge is 2.15. The Labute approximate surface area is 161 Å². The summed E-state index contributed by atoms with van der Waals surface area (Å²) in [5, 5.41) is 14.4. The van der Waals surface area contributed by atoms with E-state index in [1.54, 1.807) is 23.7 Å². The first kappa shape index (κ1) is 18.7. The van der Waals surface area contributed by atoms with Gasteiger partial charge in [-0.1, -0.05) is 25.1 Å². The Balaban J connectivity index is 1.61. The molecule has 3 aromatic rings. The van der Waals surface area contributed by atoms with Crippen molar-refractivity contribution in [2.24, 2.45) is 0 Å². The number of hydrogen-bond donors (Lipinski definition) is 1. The van der Waals surface area contributed by atoms with Gasteiger partial charge in [0.25, 0.3) is 0 Å². The summed E-state index contributed by atoms with van der Waals surface area (Å²) in [6.07, 6.45) is 3.81. The Morgan fingerprint density at radius 1 is 1.38 bits per heavy atom. The van der Waals surface area contributed by atoms with Crippen molar-refractivity contribution in [3.8, 4) is 11.4 Å². The molecule has 0 aliphatic carbocycles. The van der Waals surface area contributed by atoms with Gasteiger partial charge in [0.05, 0.1) is 18.6 Å². The second-order valence-electron chi connectivity index (χ2n) is 5.75. The second-order valence-corrected chi connectivity index (χ2v) is 7.69. The Morgan fingerprint density at radius 3 is 3.00 bits per heavy atom. The van der Waals surface area contributed by atoms with Crippen LogP contribution in [0.25, 0.3) is 11.4 Å². The summed E-state index contributed by atoms with van der Waals surface area (Å²) in [4.78, 5) is 13.4. The number of aryl methyl sites for hydroxylation is 1. The van der Waals surface area contributed by atoms with Crippen molar-refractivity contribution in [1.29, 1.82) is 0 Å². The molecule has 0 spiro atoms. The maximum absolute atomic E-state index is 12.0. The molecule has 3 rings (SSSR count). The number of amides is 1. The molecule has 0 radical (unpaired) electrons. The van der Waals surface area contributed by atoms with Gasteiger partial charge in [-0.3, -0.25) is 4.79 Å². The van der Waals surface area contributed by atoms with E-state index in [2.05, 4.69) is 45.4 Å². The molecule has 6 nitrogen and oxygen atoms in total. The molecule has 1 N–H and O–H groups in total. The molecule has 3 aromatic heterocycles. The largest absolute Gasteiger partial charge is 0.467 e. The third-order valence-electron chi connectivity index (χ3n) is 3.81. The number of nitrogens with zero attached hydrogens (tertiary/aromatic N) is 3. The number of furan rings is 1. The van der Waals surface area contributed by atoms with Crippen LogP contribution in [0.1, 0.15) is 30.9 Å². The predicted octanol–water partition coefficient (Wildman–Crippen LogP) is 3.98. The number of carbonyl (C=O) groups is 1. The summed E-state index contributed by atoms with van der Waals surface area (Å²) < 4.78 is 7.27. The van der Waals surface area contributed by atoms with Crippen LogP contribution in [0.15, 0.2) is 39.4 Å². The van der Waals surface area contributed by atoms with Gasteiger partial charge in [-0.2, -0.15) is 0 Å². The van der Waals surface area contributed by atoms with Crippen molar-refractivity contribution >= 4 is 29.0 Å². The van der Waals surface area contributed by atoms with E-state index in [9.17, 15) is 4.79 Å². The molecule has 8 heteroatoms. The first-order valence-electron chi connectivity index (χ1n) is 8.64. The topological polar surface area (TPSA) is 73.0 Å². The SMILES string of the molecule is CCCc1cc(-c2nnc(SCC(=O)NCc3ccco3)n2CC)cs1. The van der Waals surface area contributed by atoms with Gasteiger partial charge in [-0.05, 0) is 31.5 Å². The predicted molar refractivity (Wildman–Crippen MR) is 104 cm³/mol. The smallest absolute Gasteiger partial charge is 0.230 e. The molecule has 0 unspecified atom stereocenters. The van der Waals surface area contributed by atoms with Gasteiger partial charge in [-0.25, -0.2) is 0 Å². The van der Waals surface area contributed by atoms with Crippen LogP contribution in [-0.4, -0.2) is 26.4 Å². The summed E-state index contributed by atoms with van der Waals surface area (Å²) in [5.41, 5.74) is 1.10. The monoisotopic (exact) mass is 390 g/mol. The molecule has 0 aliphatic rings. The number of hydrogen-bond acceptors (Lipinski definition) is 6. The number of nitrogens with one attached hydrogen (secondary N) is 1. The van der Waals surface area contributed by atoms with Crippen LogP contribution in [-0.2, 0) is 24.3 Å². The van der Waals surface area contributed by atoms with E-state index in [0.717, 1.165) is 41.7 Å². The van der Waals surface area contributed by atoms with Crippen LogP contribution in [0, 0.1) is 0 Å². The van der Waals surface area contributed by atoms with Gasteiger partial charge in [0.15, 0.2) is 11.0 Å². The van der Waals surface area contributed by atoms with Crippen molar-refractivity contribution in [3.63, 3.8) is 0 Å². The van der Waals surface area contributed by atoms with Gasteiger partial charge < -0.3 is 14.3 Å². The fourth-order valence-electron chi connectivity index (χ4n) is 2.55. The molecule has 0 bridgehead atoms. The quantitative estimate of drug-likeness (QED) is 0.560. The minimum Gasteiger partial charge on any atom is -0.467 e. The average molecular weight is 391 g/mol. The Bertz CT molecular complexity index is 839. The minimum atomic E-state index is -0.0561. The lowest BCUT2D eigenvalue weighted by molar-refractivity contribution is -0.118. The fraction of sp³-hybridized carbons (Fsp3) is 0.389. The minimum absolute atomic E-state index is 0.0561. The molecule has 26 heavy (non-hydrogen) atoms. The summed E-state index contributed by atoms with van der Waals surface area (Å²) in [7, 11) is 0. The van der Waals surface area contributed by atoms with Crippen molar-refractivity contribution < 1.29 is 9.21 Å². The number of rotatable bonds is 9. The molecular weight excluding hydrogens is 368 g/mol. The highest BCUT2D eigenvalue weighted by molar-refractivity contribution is 7.99. The maximum Gasteiger partial charge on any atom is 0.230 e. The van der Waals surface area contributed by atoms with Crippen LogP contribution in [0.3, 0.4) is 0 Å². The van der Waals surface area contributed by atoms with Crippen LogP contribution in [0.2, 0.25) is 0 Å². The zero-order chi connectivity index (χ0) is 18.4. The second kappa shape index (κ2) is 9.05. The lowest BCUT2D eigenvalue weighted by Crippen LogP contribution is -2.24. The molecule has 0 atom stereocenters. The molecular formula is C18H22N4O2S2. The van der Waals surface area contributed by atoms with Crippen molar-refractivity contribution in [2.45, 2.75) is 44.9 Å². The van der Waals surface area contributed by atoms with Gasteiger partial charge in [0, 0.05) is 22.4 Å². The van der Waals surface area contributed by atoms with Crippen molar-refractivity contribution in [3.05, 3.63) is 40.5 Å². The van der Waals surface area contributed by atoms with E-state index in [1.807, 2.05) is 6.07 Å². The molecule has 138 valence electrons. The molecule has 0 saturated carbocycles. The van der Waals surface area contributed by atoms with Crippen molar-refractivity contribution in [2.75, 3.05) is 5.75 Å². The third-order valence-corrected chi connectivity index (χ3v) is 5.78. The van der Waals surface area contributed by atoms with Gasteiger partial charge in [-0.15, -0.1) is 21.5 Å². The Kier molecular flexibility index (Phi) is 6.51. The zero-order valence-electron chi connectivity index (χ0n) is 14.9. The average Bonchev–Trinajstić information content (AvgIpc) is 3.38. The number of thiophene rings is 1. The highest BCUT2D eigenvalue weighted by atomic mass is 32.2. The van der Waals surface area contributed by atoms with E-state index in [4.69, 9.17) is 4.42 Å². The van der Waals surface area contributed by atoms with Crippen LogP contribution in [0.5, 0.6) is 0 Å². The van der Waals surface area contributed by atoms with Gasteiger partial charge in [0.1, 0.15) is 5.76 Å². The fourth-order valence-corrected chi connectivity index (χ4v) is 4.35. The van der Waals surface area contributed by atoms with Crippen molar-refractivity contribution in [1.82, 2.24) is 20.1 Å². The lowest BCUT2D eigenvalue weighted by Gasteiger charge is -2.06. The van der Waals surface area contributed by atoms with Crippen LogP contribution >= 0.6 is 23.1 Å². The molecule has 1 amide bonds. The lowest BCUT2D eigenvalue weighted by atomic mass is 10.2. The molecule has 0 aliphatic heterocycles. The highest BCUT2D eigenvalue weighted by Crippen LogP contribution is 2.28. The molecule has 0 saturated heterocycles. The normalized spacial score (nSPS) is 11.0. The van der Waals surface area contributed by atoms with E-state index < -0.39 is 0 Å². The molecule has 0 fully saturated rings. The summed E-state index contributed by atoms with van der Waals surface area (Å²) in [6.45, 7) is 5.40. The zero-order valence-corrected chi connectivity index (χ0v) is 16.5. The first-order valence-corrected chi connectivity index (χ1v) is 10.5. The van der Waals surface area contributed by atoms with E-state index in [1.165, 1.54) is 16.6 Å². The van der Waals surface area contributed by atoms with Gasteiger partial charge in [0.2, 0.25) is 5.91 Å². The third kappa shape index (κ3) is 4.56.